The van der Waals surface area contributed by atoms with Gasteiger partial charge in [-0.15, -0.1) is 0 Å². The van der Waals surface area contributed by atoms with E-state index in [1.165, 1.54) is 0 Å². The molecule has 0 fully saturated rings. The predicted molar refractivity (Wildman–Crippen MR) is 83.1 cm³/mol. The highest BCUT2D eigenvalue weighted by Crippen LogP contribution is 2.24. The molecule has 2 rings (SSSR count). The molecule has 1 aromatic carbocycles. The van der Waals surface area contributed by atoms with Gasteiger partial charge in [-0.25, -0.2) is 0 Å². The van der Waals surface area contributed by atoms with Crippen LogP contribution in [-0.2, 0) is 4.79 Å². The standard InChI is InChI=1S/C17H23NO3/c1-11(2)8-14(19)10-18-17(20)12(3)16-9-13-6-4-5-7-15(13)21-16/h4-7,9,11-12,14,19H,8,10H2,1-3H3,(H,18,20). The van der Waals surface area contributed by atoms with Crippen molar-refractivity contribution in [1.82, 2.24) is 5.32 Å². The molecule has 4 heteroatoms. The van der Waals surface area contributed by atoms with Crippen molar-refractivity contribution in [2.75, 3.05) is 6.54 Å². The van der Waals surface area contributed by atoms with Gasteiger partial charge < -0.3 is 14.8 Å². The van der Waals surface area contributed by atoms with E-state index in [-0.39, 0.29) is 18.4 Å². The number of aliphatic hydroxyl groups is 1. The first kappa shape index (κ1) is 15.6. The Labute approximate surface area is 125 Å². The molecule has 4 nitrogen and oxygen atoms in total. The lowest BCUT2D eigenvalue weighted by atomic mass is 10.1. The number of aliphatic hydroxyl groups excluding tert-OH is 1. The summed E-state index contributed by atoms with van der Waals surface area (Å²) in [5, 5.41) is 13.6. The topological polar surface area (TPSA) is 62.5 Å². The zero-order valence-electron chi connectivity index (χ0n) is 12.8. The number of fused-ring (bicyclic) bond motifs is 1. The molecule has 0 radical (unpaired) electrons. The quantitative estimate of drug-likeness (QED) is 0.859. The van der Waals surface area contributed by atoms with Crippen LogP contribution in [-0.4, -0.2) is 23.7 Å². The lowest BCUT2D eigenvalue weighted by Crippen LogP contribution is -2.35. The average Bonchev–Trinajstić information content (AvgIpc) is 2.87. The van der Waals surface area contributed by atoms with Crippen LogP contribution in [0.3, 0.4) is 0 Å². The second-order valence-corrected chi connectivity index (χ2v) is 5.94. The zero-order valence-corrected chi connectivity index (χ0v) is 12.8. The van der Waals surface area contributed by atoms with Crippen molar-refractivity contribution in [3.05, 3.63) is 36.1 Å². The van der Waals surface area contributed by atoms with Crippen LogP contribution in [0.1, 0.15) is 38.9 Å². The largest absolute Gasteiger partial charge is 0.460 e. The third kappa shape index (κ3) is 4.08. The number of furan rings is 1. The number of amides is 1. The minimum atomic E-state index is -0.503. The van der Waals surface area contributed by atoms with Crippen molar-refractivity contribution in [2.24, 2.45) is 5.92 Å². The fourth-order valence-electron chi connectivity index (χ4n) is 2.34. The molecule has 1 heterocycles. The molecular formula is C17H23NO3. The SMILES string of the molecule is CC(C)CC(O)CNC(=O)C(C)c1cc2ccccc2o1. The van der Waals surface area contributed by atoms with Gasteiger partial charge in [-0.1, -0.05) is 32.0 Å². The van der Waals surface area contributed by atoms with Crippen LogP contribution in [0.4, 0.5) is 0 Å². The number of hydrogen-bond acceptors (Lipinski definition) is 3. The van der Waals surface area contributed by atoms with Gasteiger partial charge >= 0.3 is 0 Å². The summed E-state index contributed by atoms with van der Waals surface area (Å²) in [6.07, 6.45) is 0.177. The molecule has 2 atom stereocenters. The van der Waals surface area contributed by atoms with Gasteiger partial charge in [0, 0.05) is 11.9 Å². The second-order valence-electron chi connectivity index (χ2n) is 5.94. The van der Waals surface area contributed by atoms with Crippen LogP contribution in [0.5, 0.6) is 0 Å². The molecule has 0 aliphatic heterocycles. The van der Waals surface area contributed by atoms with E-state index in [2.05, 4.69) is 5.32 Å². The Hall–Kier alpha value is -1.81. The van der Waals surface area contributed by atoms with Crippen LogP contribution in [0, 0.1) is 5.92 Å². The summed E-state index contributed by atoms with van der Waals surface area (Å²) in [6.45, 7) is 6.17. The number of hydrogen-bond donors (Lipinski definition) is 2. The molecule has 0 aliphatic rings. The Kier molecular flexibility index (Phi) is 5.02. The van der Waals surface area contributed by atoms with Gasteiger partial charge in [-0.05, 0) is 31.4 Å². The van der Waals surface area contributed by atoms with Crippen molar-refractivity contribution in [3.63, 3.8) is 0 Å². The molecule has 114 valence electrons. The lowest BCUT2D eigenvalue weighted by Gasteiger charge is -2.15. The minimum absolute atomic E-state index is 0.128. The Bertz CT molecular complexity index is 570. The minimum Gasteiger partial charge on any atom is -0.460 e. The first-order valence-corrected chi connectivity index (χ1v) is 7.41. The third-order valence-electron chi connectivity index (χ3n) is 3.52. The summed E-state index contributed by atoms with van der Waals surface area (Å²) in [4.78, 5) is 12.1. The van der Waals surface area contributed by atoms with Crippen molar-refractivity contribution < 1.29 is 14.3 Å². The first-order chi connectivity index (χ1) is 9.97. The molecule has 0 saturated heterocycles. The predicted octanol–water partition coefficient (Wildman–Crippen LogP) is 3.06. The van der Waals surface area contributed by atoms with Gasteiger partial charge in [0.2, 0.25) is 5.91 Å². The monoisotopic (exact) mass is 289 g/mol. The number of nitrogens with one attached hydrogen (secondary N) is 1. The number of benzene rings is 1. The summed E-state index contributed by atoms with van der Waals surface area (Å²) in [5.74, 6) is 0.553. The molecule has 0 aliphatic carbocycles. The normalized spacial score (nSPS) is 14.3. The van der Waals surface area contributed by atoms with Crippen LogP contribution in [0.25, 0.3) is 11.0 Å². The number of rotatable bonds is 6. The van der Waals surface area contributed by atoms with Gasteiger partial charge in [0.15, 0.2) is 0 Å². The summed E-state index contributed by atoms with van der Waals surface area (Å²) in [7, 11) is 0. The Morgan fingerprint density at radius 3 is 2.67 bits per heavy atom. The number of carbonyl (C=O) groups is 1. The highest BCUT2D eigenvalue weighted by Gasteiger charge is 2.20. The fraction of sp³-hybridized carbons (Fsp3) is 0.471. The lowest BCUT2D eigenvalue weighted by molar-refractivity contribution is -0.123. The highest BCUT2D eigenvalue weighted by atomic mass is 16.3. The van der Waals surface area contributed by atoms with Crippen molar-refractivity contribution in [2.45, 2.75) is 39.2 Å². The van der Waals surface area contributed by atoms with E-state index in [1.807, 2.05) is 51.1 Å². The van der Waals surface area contributed by atoms with Gasteiger partial charge in [0.25, 0.3) is 0 Å². The summed E-state index contributed by atoms with van der Waals surface area (Å²) in [5.41, 5.74) is 0.784. The fourth-order valence-corrected chi connectivity index (χ4v) is 2.34. The van der Waals surface area contributed by atoms with Gasteiger partial charge in [0.1, 0.15) is 11.3 Å². The third-order valence-corrected chi connectivity index (χ3v) is 3.52. The molecule has 1 amide bonds. The summed E-state index contributed by atoms with van der Waals surface area (Å²) >= 11 is 0. The van der Waals surface area contributed by atoms with E-state index in [1.54, 1.807) is 0 Å². The summed E-state index contributed by atoms with van der Waals surface area (Å²) in [6, 6.07) is 9.58. The molecule has 0 saturated carbocycles. The van der Waals surface area contributed by atoms with E-state index in [0.29, 0.717) is 18.1 Å². The smallest absolute Gasteiger partial charge is 0.230 e. The highest BCUT2D eigenvalue weighted by molar-refractivity contribution is 5.85. The molecular weight excluding hydrogens is 266 g/mol. The van der Waals surface area contributed by atoms with Crippen molar-refractivity contribution in [3.8, 4) is 0 Å². The van der Waals surface area contributed by atoms with E-state index < -0.39 is 6.10 Å². The van der Waals surface area contributed by atoms with Crippen LogP contribution in [0.2, 0.25) is 0 Å². The van der Waals surface area contributed by atoms with E-state index >= 15 is 0 Å². The van der Waals surface area contributed by atoms with Gasteiger partial charge in [-0.3, -0.25) is 4.79 Å². The van der Waals surface area contributed by atoms with Gasteiger partial charge in [0.05, 0.1) is 12.0 Å². The van der Waals surface area contributed by atoms with Crippen molar-refractivity contribution in [1.29, 1.82) is 0 Å². The Morgan fingerprint density at radius 1 is 1.29 bits per heavy atom. The molecule has 0 spiro atoms. The van der Waals surface area contributed by atoms with Crippen LogP contribution >= 0.6 is 0 Å². The van der Waals surface area contributed by atoms with E-state index in [0.717, 1.165) is 11.0 Å². The van der Waals surface area contributed by atoms with E-state index in [9.17, 15) is 9.90 Å². The Balaban J connectivity index is 1.95. The summed E-state index contributed by atoms with van der Waals surface area (Å²) < 4.78 is 5.70. The number of carbonyl (C=O) groups excluding carboxylic acids is 1. The molecule has 2 N–H and O–H groups in total. The number of para-hydroxylation sites is 1. The average molecular weight is 289 g/mol. The molecule has 0 bridgehead atoms. The van der Waals surface area contributed by atoms with E-state index in [4.69, 9.17) is 4.42 Å². The Morgan fingerprint density at radius 2 is 2.00 bits per heavy atom. The maximum Gasteiger partial charge on any atom is 0.230 e. The maximum absolute atomic E-state index is 12.1. The molecule has 2 aromatic rings. The zero-order chi connectivity index (χ0) is 15.4. The molecule has 1 aromatic heterocycles. The molecule has 2 unspecified atom stereocenters. The van der Waals surface area contributed by atoms with Gasteiger partial charge in [-0.2, -0.15) is 0 Å². The van der Waals surface area contributed by atoms with Crippen LogP contribution in [0.15, 0.2) is 34.7 Å². The molecule has 21 heavy (non-hydrogen) atoms. The maximum atomic E-state index is 12.1. The van der Waals surface area contributed by atoms with Crippen LogP contribution < -0.4 is 5.32 Å². The second kappa shape index (κ2) is 6.76. The van der Waals surface area contributed by atoms with Crippen molar-refractivity contribution >= 4 is 16.9 Å². The first-order valence-electron chi connectivity index (χ1n) is 7.41.